The molecule has 8 heteroatoms. The van der Waals surface area contributed by atoms with Crippen LogP contribution in [0.15, 0.2) is 46.1 Å². The molecule has 1 aromatic carbocycles. The summed E-state index contributed by atoms with van der Waals surface area (Å²) in [5.74, 6) is -1.04. The maximum atomic E-state index is 12.4. The number of hydrogen-bond acceptors (Lipinski definition) is 5. The van der Waals surface area contributed by atoms with Gasteiger partial charge in [0, 0.05) is 25.4 Å². The number of nitrogens with one attached hydrogen (secondary N) is 1. The predicted octanol–water partition coefficient (Wildman–Crippen LogP) is 0.827. The lowest BCUT2D eigenvalue weighted by molar-refractivity contribution is -0.152. The summed E-state index contributed by atoms with van der Waals surface area (Å²) < 4.78 is 6.00. The second-order valence-electron chi connectivity index (χ2n) is 6.20. The largest absolute Gasteiger partial charge is 0.454 e. The summed E-state index contributed by atoms with van der Waals surface area (Å²) in [6, 6.07) is 9.00. The van der Waals surface area contributed by atoms with Crippen LogP contribution in [-0.4, -0.2) is 39.5 Å². The zero-order valence-corrected chi connectivity index (χ0v) is 15.4. The molecule has 1 amide bonds. The van der Waals surface area contributed by atoms with Crippen molar-refractivity contribution in [3.05, 3.63) is 68.5 Å². The van der Waals surface area contributed by atoms with Gasteiger partial charge in [0.15, 0.2) is 6.61 Å². The summed E-state index contributed by atoms with van der Waals surface area (Å²) in [4.78, 5) is 50.5. The summed E-state index contributed by atoms with van der Waals surface area (Å²) in [6.45, 7) is 4.15. The minimum absolute atomic E-state index is 0.306. The summed E-state index contributed by atoms with van der Waals surface area (Å²) in [6.07, 6.45) is 1.98. The molecule has 0 atom stereocenters. The third-order valence-corrected chi connectivity index (χ3v) is 3.89. The van der Waals surface area contributed by atoms with Crippen molar-refractivity contribution in [1.82, 2.24) is 14.5 Å². The second-order valence-corrected chi connectivity index (χ2v) is 6.20. The van der Waals surface area contributed by atoms with Crippen LogP contribution in [0.25, 0.3) is 0 Å². The van der Waals surface area contributed by atoms with E-state index in [-0.39, 0.29) is 12.5 Å². The van der Waals surface area contributed by atoms with Crippen LogP contribution in [0.2, 0.25) is 0 Å². The number of aromatic nitrogens is 2. The molecule has 0 fully saturated rings. The molecule has 0 unspecified atom stereocenters. The summed E-state index contributed by atoms with van der Waals surface area (Å²) in [7, 11) is 0. The summed E-state index contributed by atoms with van der Waals surface area (Å²) >= 11 is 0. The number of nitrogens with zero attached hydrogens (tertiary/aromatic N) is 2. The van der Waals surface area contributed by atoms with Crippen molar-refractivity contribution in [3.63, 3.8) is 0 Å². The average molecular weight is 373 g/mol. The number of rotatable bonds is 8. The Hall–Kier alpha value is -3.16. The molecule has 0 radical (unpaired) electrons. The van der Waals surface area contributed by atoms with E-state index in [0.717, 1.165) is 28.2 Å². The number of carbonyl (C=O) groups is 2. The number of carbonyl (C=O) groups excluding carboxylic acids is 2. The van der Waals surface area contributed by atoms with Gasteiger partial charge in [0.25, 0.3) is 11.5 Å². The molecule has 2 rings (SSSR count). The molecular weight excluding hydrogens is 350 g/mol. The fourth-order valence-corrected chi connectivity index (χ4v) is 2.46. The van der Waals surface area contributed by atoms with Crippen LogP contribution in [-0.2, 0) is 27.4 Å². The van der Waals surface area contributed by atoms with E-state index in [1.165, 1.54) is 6.20 Å². The van der Waals surface area contributed by atoms with E-state index in [4.69, 9.17) is 4.74 Å². The van der Waals surface area contributed by atoms with Crippen LogP contribution in [0.3, 0.4) is 0 Å². The molecule has 0 bridgehead atoms. The number of H-pyrrole nitrogens is 1. The molecule has 0 aliphatic heterocycles. The Bertz CT molecular complexity index is 899. The molecule has 0 saturated carbocycles. The fraction of sp³-hybridized carbons (Fsp3) is 0.368. The van der Waals surface area contributed by atoms with Gasteiger partial charge in [-0.2, -0.15) is 0 Å². The Morgan fingerprint density at radius 3 is 2.48 bits per heavy atom. The summed E-state index contributed by atoms with van der Waals surface area (Å²) in [5.41, 5.74) is 0.871. The topological polar surface area (TPSA) is 101 Å². The molecule has 0 aliphatic carbocycles. The lowest BCUT2D eigenvalue weighted by atomic mass is 10.1. The van der Waals surface area contributed by atoms with Gasteiger partial charge in [-0.05, 0) is 18.9 Å². The SMILES string of the molecule is CCCN(Cc1ccc(C)cc1)C(=O)COC(=O)Cn1ccc(=O)[nH]c1=O. The third kappa shape index (κ3) is 6.25. The third-order valence-electron chi connectivity index (χ3n) is 3.89. The van der Waals surface area contributed by atoms with Crippen molar-refractivity contribution in [2.24, 2.45) is 0 Å². The predicted molar refractivity (Wildman–Crippen MR) is 99.2 cm³/mol. The van der Waals surface area contributed by atoms with E-state index in [1.807, 2.05) is 43.1 Å². The van der Waals surface area contributed by atoms with Gasteiger partial charge in [0.1, 0.15) is 6.54 Å². The molecule has 1 N–H and O–H groups in total. The number of benzene rings is 1. The van der Waals surface area contributed by atoms with Crippen LogP contribution < -0.4 is 11.2 Å². The number of ether oxygens (including phenoxy) is 1. The lowest BCUT2D eigenvalue weighted by Gasteiger charge is -2.22. The highest BCUT2D eigenvalue weighted by atomic mass is 16.5. The first-order valence-corrected chi connectivity index (χ1v) is 8.67. The summed E-state index contributed by atoms with van der Waals surface area (Å²) in [5, 5.41) is 0. The van der Waals surface area contributed by atoms with Crippen LogP contribution in [0.1, 0.15) is 24.5 Å². The lowest BCUT2D eigenvalue weighted by Crippen LogP contribution is -2.36. The van der Waals surface area contributed by atoms with E-state index in [9.17, 15) is 19.2 Å². The Kier molecular flexibility index (Phi) is 7.10. The standard InChI is InChI=1S/C19H23N3O5/c1-3-9-21(11-15-6-4-14(2)5-7-15)17(24)13-27-18(25)12-22-10-8-16(23)20-19(22)26/h4-8,10H,3,9,11-13H2,1-2H3,(H,20,23,26). The van der Waals surface area contributed by atoms with Gasteiger partial charge in [0.2, 0.25) is 0 Å². The van der Waals surface area contributed by atoms with Gasteiger partial charge in [-0.15, -0.1) is 0 Å². The van der Waals surface area contributed by atoms with Crippen LogP contribution in [0, 0.1) is 6.92 Å². The van der Waals surface area contributed by atoms with Crippen molar-refractivity contribution in [2.75, 3.05) is 13.2 Å². The quantitative estimate of drug-likeness (QED) is 0.691. The van der Waals surface area contributed by atoms with Crippen molar-refractivity contribution < 1.29 is 14.3 Å². The van der Waals surface area contributed by atoms with Crippen molar-refractivity contribution >= 4 is 11.9 Å². The molecule has 0 aliphatic rings. The molecule has 1 heterocycles. The van der Waals surface area contributed by atoms with Crippen LogP contribution >= 0.6 is 0 Å². The highest BCUT2D eigenvalue weighted by Crippen LogP contribution is 2.08. The highest BCUT2D eigenvalue weighted by molar-refractivity contribution is 5.80. The van der Waals surface area contributed by atoms with Gasteiger partial charge in [-0.25, -0.2) is 4.79 Å². The first-order valence-electron chi connectivity index (χ1n) is 8.67. The molecule has 0 saturated heterocycles. The average Bonchev–Trinajstić information content (AvgIpc) is 2.63. The molecule has 27 heavy (non-hydrogen) atoms. The van der Waals surface area contributed by atoms with Gasteiger partial charge in [-0.1, -0.05) is 36.8 Å². The van der Waals surface area contributed by atoms with Gasteiger partial charge in [-0.3, -0.25) is 23.9 Å². The van der Waals surface area contributed by atoms with Crippen LogP contribution in [0.4, 0.5) is 0 Å². The van der Waals surface area contributed by atoms with Gasteiger partial charge in [0.05, 0.1) is 0 Å². The zero-order valence-electron chi connectivity index (χ0n) is 15.4. The number of aromatic amines is 1. The van der Waals surface area contributed by atoms with E-state index >= 15 is 0 Å². The minimum atomic E-state index is -0.732. The van der Waals surface area contributed by atoms with Gasteiger partial charge >= 0.3 is 11.7 Å². The minimum Gasteiger partial charge on any atom is -0.454 e. The number of aryl methyl sites for hydroxylation is 1. The van der Waals surface area contributed by atoms with Crippen molar-refractivity contribution in [3.8, 4) is 0 Å². The number of amides is 1. The van der Waals surface area contributed by atoms with E-state index in [1.54, 1.807) is 4.90 Å². The normalized spacial score (nSPS) is 10.4. The molecule has 144 valence electrons. The van der Waals surface area contributed by atoms with Crippen molar-refractivity contribution in [1.29, 1.82) is 0 Å². The molecule has 2 aromatic rings. The Morgan fingerprint density at radius 2 is 1.85 bits per heavy atom. The maximum Gasteiger partial charge on any atom is 0.328 e. The Balaban J connectivity index is 1.92. The maximum absolute atomic E-state index is 12.4. The first-order chi connectivity index (χ1) is 12.9. The van der Waals surface area contributed by atoms with E-state index in [0.29, 0.717) is 13.1 Å². The van der Waals surface area contributed by atoms with Crippen LogP contribution in [0.5, 0.6) is 0 Å². The second kappa shape index (κ2) is 9.51. The Labute approximate surface area is 156 Å². The van der Waals surface area contributed by atoms with E-state index in [2.05, 4.69) is 0 Å². The highest BCUT2D eigenvalue weighted by Gasteiger charge is 2.16. The fourth-order valence-electron chi connectivity index (χ4n) is 2.46. The number of esters is 1. The molecule has 1 aromatic heterocycles. The first kappa shape index (κ1) is 20.2. The molecule has 0 spiro atoms. The van der Waals surface area contributed by atoms with Crippen molar-refractivity contribution in [2.45, 2.75) is 33.4 Å². The van der Waals surface area contributed by atoms with E-state index < -0.39 is 23.8 Å². The zero-order chi connectivity index (χ0) is 19.8. The Morgan fingerprint density at radius 1 is 1.15 bits per heavy atom. The van der Waals surface area contributed by atoms with Gasteiger partial charge < -0.3 is 9.64 Å². The smallest absolute Gasteiger partial charge is 0.328 e. The number of hydrogen-bond donors (Lipinski definition) is 1. The molecule has 8 nitrogen and oxygen atoms in total. The monoisotopic (exact) mass is 373 g/mol. The molecular formula is C19H23N3O5.